The molecule has 2 nitrogen and oxygen atoms in total. The normalized spacial score (nSPS) is 36.7. The van der Waals surface area contributed by atoms with Gasteiger partial charge in [0.25, 0.3) is 0 Å². The Morgan fingerprint density at radius 1 is 0.704 bits per heavy atom. The zero-order chi connectivity index (χ0) is 20.1. The minimum atomic E-state index is 0.00743. The molecule has 2 aliphatic carbocycles. The molecular formula is C25H50O2. The molecule has 0 spiro atoms. The predicted octanol–water partition coefficient (Wildman–Crippen LogP) is 7.38. The summed E-state index contributed by atoms with van der Waals surface area (Å²) >= 11 is 0. The van der Waals surface area contributed by atoms with E-state index >= 15 is 0 Å². The molecule has 0 bridgehead atoms. The molecule has 0 amide bonds. The molecule has 1 aliphatic heterocycles. The minimum Gasteiger partial charge on any atom is -0.393 e. The van der Waals surface area contributed by atoms with E-state index in [2.05, 4.69) is 20.8 Å². The van der Waals surface area contributed by atoms with Gasteiger partial charge < -0.3 is 9.84 Å². The summed E-state index contributed by atoms with van der Waals surface area (Å²) in [6, 6.07) is 0. The Hall–Kier alpha value is -0.0800. The van der Waals surface area contributed by atoms with Crippen LogP contribution >= 0.6 is 0 Å². The summed E-state index contributed by atoms with van der Waals surface area (Å²) < 4.78 is 5.81. The lowest BCUT2D eigenvalue weighted by Crippen LogP contribution is -2.28. The molecular weight excluding hydrogens is 332 g/mol. The van der Waals surface area contributed by atoms with Crippen LogP contribution in [0.15, 0.2) is 0 Å². The van der Waals surface area contributed by atoms with Gasteiger partial charge in [-0.15, -0.1) is 0 Å². The Balaban J connectivity index is 0.000000665. The van der Waals surface area contributed by atoms with E-state index in [-0.39, 0.29) is 6.10 Å². The van der Waals surface area contributed by atoms with Crippen LogP contribution in [-0.2, 0) is 4.74 Å². The molecule has 1 N–H and O–H groups in total. The van der Waals surface area contributed by atoms with Gasteiger partial charge in [-0.3, -0.25) is 0 Å². The molecule has 0 aromatic carbocycles. The molecule has 2 saturated carbocycles. The van der Waals surface area contributed by atoms with Crippen molar-refractivity contribution in [1.29, 1.82) is 0 Å². The second-order valence-electron chi connectivity index (χ2n) is 9.22. The van der Waals surface area contributed by atoms with Crippen LogP contribution in [0.5, 0.6) is 0 Å². The fourth-order valence-electron chi connectivity index (χ4n) is 5.16. The van der Waals surface area contributed by atoms with Crippen molar-refractivity contribution >= 4 is 0 Å². The number of hydrogen-bond acceptors (Lipinski definition) is 2. The lowest BCUT2D eigenvalue weighted by atomic mass is 9.69. The molecule has 3 aliphatic rings. The predicted molar refractivity (Wildman–Crippen MR) is 118 cm³/mol. The lowest BCUT2D eigenvalue weighted by Gasteiger charge is -2.37. The van der Waals surface area contributed by atoms with E-state index in [1.54, 1.807) is 0 Å². The third kappa shape index (κ3) is 9.79. The molecule has 0 radical (unpaired) electrons. The van der Waals surface area contributed by atoms with Crippen LogP contribution in [0, 0.1) is 23.7 Å². The molecule has 2 atom stereocenters. The highest BCUT2D eigenvalue weighted by Crippen LogP contribution is 2.41. The van der Waals surface area contributed by atoms with Crippen LogP contribution < -0.4 is 0 Å². The maximum Gasteiger partial charge on any atom is 0.0547 e. The highest BCUT2D eigenvalue weighted by atomic mass is 16.5. The van der Waals surface area contributed by atoms with E-state index in [0.717, 1.165) is 43.1 Å². The molecule has 3 fully saturated rings. The molecule has 1 saturated heterocycles. The molecule has 3 rings (SSSR count). The highest BCUT2D eigenvalue weighted by molar-refractivity contribution is 4.82. The largest absolute Gasteiger partial charge is 0.393 e. The van der Waals surface area contributed by atoms with Gasteiger partial charge in [-0.05, 0) is 88.4 Å². The molecule has 0 aromatic heterocycles. The van der Waals surface area contributed by atoms with Gasteiger partial charge in [0.2, 0.25) is 0 Å². The van der Waals surface area contributed by atoms with Gasteiger partial charge in [0.1, 0.15) is 0 Å². The number of aliphatic hydroxyl groups is 1. The molecule has 0 aromatic rings. The van der Waals surface area contributed by atoms with Crippen molar-refractivity contribution in [1.82, 2.24) is 0 Å². The van der Waals surface area contributed by atoms with Gasteiger partial charge in [-0.1, -0.05) is 53.4 Å². The average molecular weight is 383 g/mol. The Kier molecular flexibility index (Phi) is 13.7. The third-order valence-corrected chi connectivity index (χ3v) is 6.88. The maximum atomic E-state index is 9.67. The average Bonchev–Trinajstić information content (AvgIpc) is 2.71. The first-order valence-corrected chi connectivity index (χ1v) is 12.4. The lowest BCUT2D eigenvalue weighted by molar-refractivity contribution is -0.00940. The summed E-state index contributed by atoms with van der Waals surface area (Å²) in [6.07, 6.45) is 17.8. The fraction of sp³-hybridized carbons (Fsp3) is 1.00. The summed E-state index contributed by atoms with van der Waals surface area (Å²) in [4.78, 5) is 0. The van der Waals surface area contributed by atoms with Gasteiger partial charge >= 0.3 is 0 Å². The Morgan fingerprint density at radius 3 is 1.63 bits per heavy atom. The van der Waals surface area contributed by atoms with Crippen LogP contribution in [0.2, 0.25) is 0 Å². The van der Waals surface area contributed by atoms with Crippen LogP contribution in [0.4, 0.5) is 0 Å². The van der Waals surface area contributed by atoms with Gasteiger partial charge in [-0.25, -0.2) is 0 Å². The van der Waals surface area contributed by atoms with Gasteiger partial charge in [0.05, 0.1) is 12.2 Å². The van der Waals surface area contributed by atoms with E-state index < -0.39 is 0 Å². The van der Waals surface area contributed by atoms with Crippen molar-refractivity contribution in [3.63, 3.8) is 0 Å². The monoisotopic (exact) mass is 382 g/mol. The van der Waals surface area contributed by atoms with E-state index in [1.165, 1.54) is 70.6 Å². The Labute approximate surface area is 170 Å². The van der Waals surface area contributed by atoms with Crippen LogP contribution in [0.1, 0.15) is 118 Å². The van der Waals surface area contributed by atoms with E-state index in [4.69, 9.17) is 4.74 Å². The van der Waals surface area contributed by atoms with Gasteiger partial charge in [0.15, 0.2) is 0 Å². The summed E-state index contributed by atoms with van der Waals surface area (Å²) in [6.45, 7) is 11.5. The Morgan fingerprint density at radius 2 is 1.15 bits per heavy atom. The molecule has 162 valence electrons. The number of aliphatic hydroxyl groups excluding tert-OH is 1. The van der Waals surface area contributed by atoms with Crippen molar-refractivity contribution in [2.75, 3.05) is 6.61 Å². The maximum absolute atomic E-state index is 9.67. The van der Waals surface area contributed by atoms with Gasteiger partial charge in [0, 0.05) is 6.61 Å². The van der Waals surface area contributed by atoms with E-state index in [9.17, 15) is 5.11 Å². The summed E-state index contributed by atoms with van der Waals surface area (Å²) in [5.41, 5.74) is 0. The first-order valence-electron chi connectivity index (χ1n) is 12.4. The van der Waals surface area contributed by atoms with Crippen molar-refractivity contribution < 1.29 is 9.84 Å². The van der Waals surface area contributed by atoms with E-state index in [1.807, 2.05) is 13.8 Å². The topological polar surface area (TPSA) is 29.5 Å². The number of hydrogen-bond donors (Lipinski definition) is 1. The second-order valence-corrected chi connectivity index (χ2v) is 9.22. The van der Waals surface area contributed by atoms with Crippen LogP contribution in [0.25, 0.3) is 0 Å². The van der Waals surface area contributed by atoms with E-state index in [0.29, 0.717) is 6.10 Å². The fourth-order valence-corrected chi connectivity index (χ4v) is 5.16. The summed E-state index contributed by atoms with van der Waals surface area (Å²) in [5, 5.41) is 9.67. The zero-order valence-corrected chi connectivity index (χ0v) is 19.2. The molecule has 2 unspecified atom stereocenters. The van der Waals surface area contributed by atoms with Crippen molar-refractivity contribution in [3.8, 4) is 0 Å². The minimum absolute atomic E-state index is 0.00743. The quantitative estimate of drug-likeness (QED) is 0.549. The SMILES string of the molecule is CC.CC1CCC(CCC2CCC(C3CCC(O)CC3)CC2)CO1.CCC. The highest BCUT2D eigenvalue weighted by Gasteiger charge is 2.30. The van der Waals surface area contributed by atoms with Crippen LogP contribution in [-0.4, -0.2) is 23.9 Å². The third-order valence-electron chi connectivity index (χ3n) is 6.88. The molecule has 1 heterocycles. The van der Waals surface area contributed by atoms with Crippen molar-refractivity contribution in [2.24, 2.45) is 23.7 Å². The second kappa shape index (κ2) is 14.9. The number of ether oxygens (including phenoxy) is 1. The van der Waals surface area contributed by atoms with Crippen molar-refractivity contribution in [3.05, 3.63) is 0 Å². The van der Waals surface area contributed by atoms with Crippen LogP contribution in [0.3, 0.4) is 0 Å². The summed E-state index contributed by atoms with van der Waals surface area (Å²) in [7, 11) is 0. The molecule has 2 heteroatoms. The first-order chi connectivity index (χ1) is 13.1. The standard InChI is InChI=1S/C20H36O2.C3H8.C2H6/c1-15-2-3-17(14-22-15)5-4-16-6-8-18(9-7-16)19-10-12-20(21)13-11-19;1-3-2;1-2/h15-21H,2-14H2,1H3;3H2,1-2H3;1-2H3. The first kappa shape index (κ1) is 25.0. The smallest absolute Gasteiger partial charge is 0.0547 e. The Bertz CT molecular complexity index is 319. The van der Waals surface area contributed by atoms with Crippen molar-refractivity contribution in [2.45, 2.75) is 130 Å². The molecule has 27 heavy (non-hydrogen) atoms. The van der Waals surface area contributed by atoms with Gasteiger partial charge in [-0.2, -0.15) is 0 Å². The summed E-state index contributed by atoms with van der Waals surface area (Å²) in [5.74, 6) is 3.73. The number of rotatable bonds is 4. The zero-order valence-electron chi connectivity index (χ0n) is 19.2.